The maximum absolute atomic E-state index is 11.9. The highest BCUT2D eigenvalue weighted by Gasteiger charge is 2.31. The highest BCUT2D eigenvalue weighted by atomic mass is 19.4. The fraction of sp³-hybridized carbons (Fsp3) is 0.400. The number of benzene rings is 1. The molecule has 0 aliphatic heterocycles. The minimum Gasteiger partial charge on any atom is -0.493 e. The summed E-state index contributed by atoms with van der Waals surface area (Å²) < 4.78 is 44.4. The second-order valence-corrected chi connectivity index (χ2v) is 2.93. The van der Waals surface area contributed by atoms with Crippen molar-refractivity contribution in [3.63, 3.8) is 0 Å². The van der Waals surface area contributed by atoms with Crippen LogP contribution in [0.4, 0.5) is 13.2 Å². The number of hydrogen-bond donors (Lipinski definition) is 0. The molecule has 6 heteroatoms. The van der Waals surface area contributed by atoms with Gasteiger partial charge in [0.25, 0.3) is 0 Å². The number of rotatable bonds is 5. The SMILES string of the molecule is [O]CCCOc1cccc(OC(F)(F)F)c1. The molecule has 1 radical (unpaired) electrons. The first-order chi connectivity index (χ1) is 7.51. The normalized spacial score (nSPS) is 11.2. The lowest BCUT2D eigenvalue weighted by Crippen LogP contribution is -2.17. The molecule has 0 spiro atoms. The van der Waals surface area contributed by atoms with Crippen LogP contribution in [0.1, 0.15) is 6.42 Å². The predicted octanol–water partition coefficient (Wildman–Crippen LogP) is 2.78. The van der Waals surface area contributed by atoms with Gasteiger partial charge >= 0.3 is 6.36 Å². The molecule has 0 bridgehead atoms. The van der Waals surface area contributed by atoms with E-state index in [2.05, 4.69) is 4.74 Å². The molecule has 1 rings (SSSR count). The minimum atomic E-state index is -4.71. The van der Waals surface area contributed by atoms with Gasteiger partial charge in [0.1, 0.15) is 11.5 Å². The summed E-state index contributed by atoms with van der Waals surface area (Å²) in [7, 11) is 0. The van der Waals surface area contributed by atoms with Crippen LogP contribution in [-0.4, -0.2) is 19.6 Å². The average molecular weight is 235 g/mol. The van der Waals surface area contributed by atoms with Crippen LogP contribution in [0, 0.1) is 0 Å². The number of alkyl halides is 3. The molecule has 1 aromatic carbocycles. The molecule has 0 amide bonds. The van der Waals surface area contributed by atoms with Gasteiger partial charge in [0.2, 0.25) is 0 Å². The van der Waals surface area contributed by atoms with E-state index in [1.165, 1.54) is 18.2 Å². The van der Waals surface area contributed by atoms with E-state index in [1.807, 2.05) is 0 Å². The first-order valence-electron chi connectivity index (χ1n) is 4.58. The number of hydrogen-bond acceptors (Lipinski definition) is 2. The van der Waals surface area contributed by atoms with Crippen molar-refractivity contribution in [2.75, 3.05) is 13.2 Å². The molecular formula is C10H10F3O3. The van der Waals surface area contributed by atoms with Crippen molar-refractivity contribution in [1.82, 2.24) is 0 Å². The Morgan fingerprint density at radius 3 is 2.50 bits per heavy atom. The Balaban J connectivity index is 2.57. The predicted molar refractivity (Wildman–Crippen MR) is 48.8 cm³/mol. The summed E-state index contributed by atoms with van der Waals surface area (Å²) in [4.78, 5) is 0. The molecule has 16 heavy (non-hydrogen) atoms. The lowest BCUT2D eigenvalue weighted by atomic mass is 10.3. The van der Waals surface area contributed by atoms with Gasteiger partial charge in [-0.15, -0.1) is 13.2 Å². The van der Waals surface area contributed by atoms with Gasteiger partial charge in [0.15, 0.2) is 0 Å². The van der Waals surface area contributed by atoms with Crippen LogP contribution < -0.4 is 9.47 Å². The van der Waals surface area contributed by atoms with Crippen LogP contribution in [0.15, 0.2) is 24.3 Å². The van der Waals surface area contributed by atoms with Crippen LogP contribution in [0.25, 0.3) is 0 Å². The highest BCUT2D eigenvalue weighted by molar-refractivity contribution is 5.32. The van der Waals surface area contributed by atoms with Gasteiger partial charge in [0.05, 0.1) is 13.2 Å². The van der Waals surface area contributed by atoms with Crippen molar-refractivity contribution in [2.45, 2.75) is 12.8 Å². The summed E-state index contributed by atoms with van der Waals surface area (Å²) in [6.07, 6.45) is -4.40. The summed E-state index contributed by atoms with van der Waals surface area (Å²) in [6, 6.07) is 5.17. The highest BCUT2D eigenvalue weighted by Crippen LogP contribution is 2.25. The molecule has 89 valence electrons. The second kappa shape index (κ2) is 5.60. The Morgan fingerprint density at radius 2 is 1.88 bits per heavy atom. The molecule has 0 N–H and O–H groups in total. The molecule has 0 unspecified atom stereocenters. The van der Waals surface area contributed by atoms with Crippen molar-refractivity contribution in [3.05, 3.63) is 24.3 Å². The van der Waals surface area contributed by atoms with E-state index in [0.29, 0.717) is 6.42 Å². The van der Waals surface area contributed by atoms with Crippen molar-refractivity contribution < 1.29 is 27.8 Å². The van der Waals surface area contributed by atoms with Crippen LogP contribution in [0.3, 0.4) is 0 Å². The molecule has 0 aliphatic carbocycles. The Morgan fingerprint density at radius 1 is 1.19 bits per heavy atom. The van der Waals surface area contributed by atoms with Crippen molar-refractivity contribution >= 4 is 0 Å². The fourth-order valence-corrected chi connectivity index (χ4v) is 1.01. The third-order valence-electron chi connectivity index (χ3n) is 1.60. The van der Waals surface area contributed by atoms with Crippen molar-refractivity contribution in [2.24, 2.45) is 0 Å². The van der Waals surface area contributed by atoms with E-state index >= 15 is 0 Å². The van der Waals surface area contributed by atoms with Crippen LogP contribution in [0.5, 0.6) is 11.5 Å². The third-order valence-corrected chi connectivity index (χ3v) is 1.60. The molecule has 0 heterocycles. The topological polar surface area (TPSA) is 38.4 Å². The second-order valence-electron chi connectivity index (χ2n) is 2.93. The van der Waals surface area contributed by atoms with Crippen LogP contribution >= 0.6 is 0 Å². The Labute approximate surface area is 90.4 Å². The maximum atomic E-state index is 11.9. The van der Waals surface area contributed by atoms with E-state index in [0.717, 1.165) is 6.07 Å². The summed E-state index contributed by atoms with van der Waals surface area (Å²) in [5.41, 5.74) is 0. The monoisotopic (exact) mass is 235 g/mol. The molecule has 0 fully saturated rings. The smallest absolute Gasteiger partial charge is 0.493 e. The van der Waals surface area contributed by atoms with Crippen molar-refractivity contribution in [1.29, 1.82) is 0 Å². The van der Waals surface area contributed by atoms with Gasteiger partial charge in [-0.2, -0.15) is 0 Å². The van der Waals surface area contributed by atoms with E-state index in [9.17, 15) is 18.3 Å². The van der Waals surface area contributed by atoms with Gasteiger partial charge in [0, 0.05) is 12.5 Å². The summed E-state index contributed by atoms with van der Waals surface area (Å²) in [5.74, 6) is -0.0951. The Kier molecular flexibility index (Phi) is 4.42. The fourth-order valence-electron chi connectivity index (χ4n) is 1.01. The minimum absolute atomic E-state index is 0.180. The third kappa shape index (κ3) is 4.88. The summed E-state index contributed by atoms with van der Waals surface area (Å²) in [6.45, 7) is -0.0995. The first kappa shape index (κ1) is 12.6. The van der Waals surface area contributed by atoms with Gasteiger partial charge in [-0.1, -0.05) is 6.07 Å². The lowest BCUT2D eigenvalue weighted by molar-refractivity contribution is -0.274. The molecule has 1 aromatic rings. The molecule has 0 aromatic heterocycles. The first-order valence-corrected chi connectivity index (χ1v) is 4.58. The summed E-state index contributed by atoms with van der Waals surface area (Å²) in [5, 5.41) is 10.1. The number of halogens is 3. The Hall–Kier alpha value is -1.43. The maximum Gasteiger partial charge on any atom is 0.573 e. The zero-order valence-electron chi connectivity index (χ0n) is 8.29. The van der Waals surface area contributed by atoms with E-state index in [-0.39, 0.29) is 24.7 Å². The largest absolute Gasteiger partial charge is 0.573 e. The zero-order valence-corrected chi connectivity index (χ0v) is 8.29. The molecule has 0 atom stereocenters. The van der Waals surface area contributed by atoms with Crippen LogP contribution in [-0.2, 0) is 5.11 Å². The molecular weight excluding hydrogens is 225 g/mol. The van der Waals surface area contributed by atoms with Crippen molar-refractivity contribution in [3.8, 4) is 11.5 Å². The van der Waals surface area contributed by atoms with Crippen LogP contribution in [0.2, 0.25) is 0 Å². The standard InChI is InChI=1S/C10H10F3O3/c11-10(12,13)16-9-4-1-3-8(7-9)15-6-2-5-14/h1,3-4,7H,2,5-6H2. The lowest BCUT2D eigenvalue weighted by Gasteiger charge is -2.10. The van der Waals surface area contributed by atoms with E-state index < -0.39 is 6.36 Å². The molecule has 3 nitrogen and oxygen atoms in total. The Bertz CT molecular complexity index is 325. The van der Waals surface area contributed by atoms with Gasteiger partial charge in [-0.25, -0.2) is 5.11 Å². The van der Waals surface area contributed by atoms with E-state index in [4.69, 9.17) is 4.74 Å². The quantitative estimate of drug-likeness (QED) is 0.736. The number of ether oxygens (including phenoxy) is 2. The van der Waals surface area contributed by atoms with E-state index in [1.54, 1.807) is 0 Å². The van der Waals surface area contributed by atoms with Gasteiger partial charge in [-0.05, 0) is 12.1 Å². The van der Waals surface area contributed by atoms with Gasteiger partial charge in [-0.3, -0.25) is 0 Å². The average Bonchev–Trinajstić information content (AvgIpc) is 2.16. The van der Waals surface area contributed by atoms with Gasteiger partial charge < -0.3 is 9.47 Å². The molecule has 0 saturated carbocycles. The molecule has 0 aliphatic rings. The molecule has 0 saturated heterocycles. The summed E-state index contributed by atoms with van der Waals surface area (Å²) >= 11 is 0. The zero-order chi connectivity index (χ0) is 12.0.